The number of carbonyl (C=O) groups excluding carboxylic acids is 1. The van der Waals surface area contributed by atoms with E-state index in [0.717, 1.165) is 5.56 Å². The lowest BCUT2D eigenvalue weighted by Crippen LogP contribution is -2.38. The molecule has 3 heterocycles. The van der Waals surface area contributed by atoms with E-state index in [2.05, 4.69) is 10.3 Å². The lowest BCUT2D eigenvalue weighted by atomic mass is 10.1. The van der Waals surface area contributed by atoms with Crippen LogP contribution < -0.4 is 0 Å². The third kappa shape index (κ3) is 3.65. The number of amides is 1. The number of sulfonamides is 1. The average molecular weight is 381 g/mol. The molecule has 2 aromatic rings. The second-order valence-electron chi connectivity index (χ2n) is 6.47. The zero-order valence-electron chi connectivity index (χ0n) is 15.2. The molecule has 0 N–H and O–H groups in total. The van der Waals surface area contributed by atoms with E-state index in [1.54, 1.807) is 18.9 Å². The summed E-state index contributed by atoms with van der Waals surface area (Å²) < 4.78 is 33.4. The Bertz CT molecular complexity index is 882. The first-order valence-electron chi connectivity index (χ1n) is 8.47. The zero-order valence-corrected chi connectivity index (χ0v) is 16.0. The van der Waals surface area contributed by atoms with Crippen LogP contribution in [0.5, 0.6) is 0 Å². The summed E-state index contributed by atoms with van der Waals surface area (Å²) in [5, 5.41) is 7.81. The molecule has 26 heavy (non-hydrogen) atoms. The van der Waals surface area contributed by atoms with Crippen molar-refractivity contribution in [2.75, 3.05) is 26.2 Å². The molecule has 0 aliphatic carbocycles. The molecule has 0 aromatic carbocycles. The van der Waals surface area contributed by atoms with Gasteiger partial charge in [-0.25, -0.2) is 8.42 Å². The van der Waals surface area contributed by atoms with Gasteiger partial charge in [-0.15, -0.1) is 0 Å². The van der Waals surface area contributed by atoms with Gasteiger partial charge in [0.1, 0.15) is 10.7 Å². The number of aromatic nitrogens is 3. The van der Waals surface area contributed by atoms with Crippen molar-refractivity contribution in [1.29, 1.82) is 0 Å². The lowest BCUT2D eigenvalue weighted by molar-refractivity contribution is -0.130. The normalized spacial score (nSPS) is 16.7. The summed E-state index contributed by atoms with van der Waals surface area (Å²) in [7, 11) is -1.91. The summed E-state index contributed by atoms with van der Waals surface area (Å²) >= 11 is 0. The quantitative estimate of drug-likeness (QED) is 0.764. The number of carbonyl (C=O) groups is 1. The predicted octanol–water partition coefficient (Wildman–Crippen LogP) is 0.491. The summed E-state index contributed by atoms with van der Waals surface area (Å²) in [6.45, 7) is 5.14. The van der Waals surface area contributed by atoms with Crippen LogP contribution in [0.2, 0.25) is 0 Å². The minimum absolute atomic E-state index is 0.0416. The highest BCUT2D eigenvalue weighted by molar-refractivity contribution is 7.89. The molecule has 3 rings (SSSR count). The van der Waals surface area contributed by atoms with Crippen molar-refractivity contribution < 1.29 is 17.7 Å². The smallest absolute Gasteiger partial charge is 0.246 e. The zero-order chi connectivity index (χ0) is 18.9. The van der Waals surface area contributed by atoms with E-state index in [1.807, 2.05) is 6.92 Å². The van der Waals surface area contributed by atoms with Crippen LogP contribution in [0.4, 0.5) is 0 Å². The highest BCUT2D eigenvalue weighted by atomic mass is 32.2. The molecule has 1 saturated heterocycles. The molecule has 9 nitrogen and oxygen atoms in total. The third-order valence-electron chi connectivity index (χ3n) is 4.64. The van der Waals surface area contributed by atoms with Crippen molar-refractivity contribution in [2.45, 2.75) is 31.6 Å². The van der Waals surface area contributed by atoms with Crippen LogP contribution in [0, 0.1) is 13.8 Å². The van der Waals surface area contributed by atoms with E-state index in [9.17, 15) is 13.2 Å². The van der Waals surface area contributed by atoms with Crippen LogP contribution in [-0.2, 0) is 28.3 Å². The molecule has 142 valence electrons. The van der Waals surface area contributed by atoms with E-state index in [-0.39, 0.29) is 23.8 Å². The number of hydrogen-bond acceptors (Lipinski definition) is 6. The summed E-state index contributed by atoms with van der Waals surface area (Å²) in [4.78, 5) is 14.5. The maximum atomic E-state index is 12.7. The summed E-state index contributed by atoms with van der Waals surface area (Å²) in [5.41, 5.74) is 1.52. The van der Waals surface area contributed by atoms with Gasteiger partial charge in [0.2, 0.25) is 15.9 Å². The molecular formula is C16H23N5O4S. The van der Waals surface area contributed by atoms with Gasteiger partial charge in [0, 0.05) is 45.0 Å². The molecule has 0 radical (unpaired) electrons. The fraction of sp³-hybridized carbons (Fsp3) is 0.562. The largest absolute Gasteiger partial charge is 0.361 e. The van der Waals surface area contributed by atoms with Crippen LogP contribution in [0.1, 0.15) is 23.4 Å². The van der Waals surface area contributed by atoms with Crippen LogP contribution in [0.15, 0.2) is 21.8 Å². The molecule has 0 bridgehead atoms. The highest BCUT2D eigenvalue weighted by Crippen LogP contribution is 2.18. The van der Waals surface area contributed by atoms with Crippen molar-refractivity contribution in [3.63, 3.8) is 0 Å². The van der Waals surface area contributed by atoms with Crippen LogP contribution in [-0.4, -0.2) is 64.6 Å². The van der Waals surface area contributed by atoms with Gasteiger partial charge < -0.3 is 9.42 Å². The fourth-order valence-electron chi connectivity index (χ4n) is 3.08. The number of nitrogens with zero attached hydrogens (tertiary/aromatic N) is 5. The Hall–Kier alpha value is -2.20. The molecule has 0 atom stereocenters. The van der Waals surface area contributed by atoms with Gasteiger partial charge in [-0.2, -0.15) is 9.40 Å². The van der Waals surface area contributed by atoms with E-state index in [0.29, 0.717) is 37.5 Å². The van der Waals surface area contributed by atoms with Gasteiger partial charge in [-0.05, 0) is 20.3 Å². The van der Waals surface area contributed by atoms with Crippen molar-refractivity contribution in [2.24, 2.45) is 7.05 Å². The first kappa shape index (κ1) is 18.6. The van der Waals surface area contributed by atoms with Crippen LogP contribution in [0.25, 0.3) is 0 Å². The molecule has 10 heteroatoms. The van der Waals surface area contributed by atoms with Crippen molar-refractivity contribution in [3.05, 3.63) is 29.4 Å². The van der Waals surface area contributed by atoms with E-state index < -0.39 is 10.0 Å². The molecule has 1 fully saturated rings. The Morgan fingerprint density at radius 2 is 2.00 bits per heavy atom. The molecule has 1 aliphatic heterocycles. The van der Waals surface area contributed by atoms with E-state index in [1.165, 1.54) is 21.4 Å². The highest BCUT2D eigenvalue weighted by Gasteiger charge is 2.29. The van der Waals surface area contributed by atoms with E-state index >= 15 is 0 Å². The topological polar surface area (TPSA) is 102 Å². The standard InChI is InChI=1S/C16H23N5O4S/c1-12-15(13(2)25-18-12)9-16(22)20-5-4-6-21(8-7-20)26(23,24)14-10-17-19(3)11-14/h10-11H,4-9H2,1-3H3. The SMILES string of the molecule is Cc1noc(C)c1CC(=O)N1CCCN(S(=O)(=O)c2cnn(C)c2)CC1. The molecular weight excluding hydrogens is 358 g/mol. The number of hydrogen-bond donors (Lipinski definition) is 0. The second kappa shape index (κ2) is 7.20. The molecule has 2 aromatic heterocycles. The second-order valence-corrected chi connectivity index (χ2v) is 8.41. The average Bonchev–Trinajstić information content (AvgIpc) is 3.05. The number of rotatable bonds is 4. The Morgan fingerprint density at radius 1 is 1.23 bits per heavy atom. The Labute approximate surface area is 152 Å². The van der Waals surface area contributed by atoms with Crippen molar-refractivity contribution in [3.8, 4) is 0 Å². The minimum Gasteiger partial charge on any atom is -0.361 e. The van der Waals surface area contributed by atoms with Gasteiger partial charge in [0.05, 0.1) is 18.3 Å². The molecule has 0 unspecified atom stereocenters. The van der Waals surface area contributed by atoms with Gasteiger partial charge >= 0.3 is 0 Å². The summed E-state index contributed by atoms with van der Waals surface area (Å²) in [6.07, 6.45) is 3.64. The Kier molecular flexibility index (Phi) is 5.15. The molecule has 1 aliphatic rings. The van der Waals surface area contributed by atoms with Crippen LogP contribution >= 0.6 is 0 Å². The van der Waals surface area contributed by atoms with Crippen LogP contribution in [0.3, 0.4) is 0 Å². The van der Waals surface area contributed by atoms with Crippen molar-refractivity contribution in [1.82, 2.24) is 24.1 Å². The first-order chi connectivity index (χ1) is 12.3. The summed E-state index contributed by atoms with van der Waals surface area (Å²) in [5.74, 6) is 0.603. The van der Waals surface area contributed by atoms with Gasteiger partial charge in [0.15, 0.2) is 0 Å². The van der Waals surface area contributed by atoms with E-state index in [4.69, 9.17) is 4.52 Å². The van der Waals surface area contributed by atoms with Gasteiger partial charge in [0.25, 0.3) is 0 Å². The maximum absolute atomic E-state index is 12.7. The lowest BCUT2D eigenvalue weighted by Gasteiger charge is -2.21. The Balaban J connectivity index is 1.67. The minimum atomic E-state index is -3.59. The molecule has 0 saturated carbocycles. The number of aryl methyl sites for hydroxylation is 3. The molecule has 0 spiro atoms. The van der Waals surface area contributed by atoms with Gasteiger partial charge in [-0.3, -0.25) is 9.48 Å². The fourth-order valence-corrected chi connectivity index (χ4v) is 4.54. The first-order valence-corrected chi connectivity index (χ1v) is 9.91. The Morgan fingerprint density at radius 3 is 2.62 bits per heavy atom. The third-order valence-corrected chi connectivity index (χ3v) is 6.49. The van der Waals surface area contributed by atoms with Crippen molar-refractivity contribution >= 4 is 15.9 Å². The predicted molar refractivity (Wildman–Crippen MR) is 92.8 cm³/mol. The monoisotopic (exact) mass is 381 g/mol. The molecule has 1 amide bonds. The summed E-state index contributed by atoms with van der Waals surface area (Å²) in [6, 6.07) is 0. The maximum Gasteiger partial charge on any atom is 0.246 e. The van der Waals surface area contributed by atoms with Gasteiger partial charge in [-0.1, -0.05) is 5.16 Å².